The highest BCUT2D eigenvalue weighted by Gasteiger charge is 2.45. The summed E-state index contributed by atoms with van der Waals surface area (Å²) in [7, 11) is 1.73. The van der Waals surface area contributed by atoms with Gasteiger partial charge in [-0.2, -0.15) is 0 Å². The summed E-state index contributed by atoms with van der Waals surface area (Å²) in [4.78, 5) is 1.15. The maximum absolute atomic E-state index is 10.6. The summed E-state index contributed by atoms with van der Waals surface area (Å²) in [6.45, 7) is 1.94. The number of hydrogen-bond acceptors (Lipinski definition) is 17. The van der Waals surface area contributed by atoms with Crippen molar-refractivity contribution in [2.24, 2.45) is 0 Å². The lowest BCUT2D eigenvalue weighted by Crippen LogP contribution is -2.57. The van der Waals surface area contributed by atoms with Gasteiger partial charge in [0.1, 0.15) is 79.4 Å². The van der Waals surface area contributed by atoms with Crippen LogP contribution < -0.4 is 5.32 Å². The highest BCUT2D eigenvalue weighted by Crippen LogP contribution is 2.39. The summed E-state index contributed by atoms with van der Waals surface area (Å²) in [5.74, 6) is 0. The first-order chi connectivity index (χ1) is 25.6. The molecule has 1 aromatic heterocycles. The van der Waals surface area contributed by atoms with Crippen molar-refractivity contribution in [2.45, 2.75) is 112 Å². The lowest BCUT2D eigenvalue weighted by molar-refractivity contribution is -0.231. The van der Waals surface area contributed by atoms with Gasteiger partial charge in [-0.25, -0.2) is 0 Å². The number of aliphatic hydroxyl groups excluding tert-OH is 12. The number of benzene rings is 2. The Bertz CT molecular complexity index is 1540. The van der Waals surface area contributed by atoms with Crippen LogP contribution in [0, 0.1) is 0 Å². The maximum atomic E-state index is 10.6. The van der Waals surface area contributed by atoms with Gasteiger partial charge in [0.2, 0.25) is 0 Å². The quantitative estimate of drug-likeness (QED) is 0.128. The van der Waals surface area contributed by atoms with E-state index in [0.717, 1.165) is 10.4 Å². The second-order valence-corrected chi connectivity index (χ2v) is 15.1. The van der Waals surface area contributed by atoms with Gasteiger partial charge in [0.15, 0.2) is 0 Å². The molecular weight excluding hydrogens is 754 g/mol. The Balaban J connectivity index is 0.000000222. The van der Waals surface area contributed by atoms with Crippen LogP contribution >= 0.6 is 22.9 Å². The molecule has 6 rings (SSSR count). The van der Waals surface area contributed by atoms with Crippen molar-refractivity contribution in [1.82, 2.24) is 0 Å². The lowest BCUT2D eigenvalue weighted by Gasteiger charge is -2.40. The second kappa shape index (κ2) is 19.8. The number of anilines is 1. The van der Waals surface area contributed by atoms with E-state index >= 15 is 0 Å². The molecule has 2 aromatic carbocycles. The molecule has 4 heterocycles. The zero-order chi connectivity index (χ0) is 40.0. The summed E-state index contributed by atoms with van der Waals surface area (Å²) in [6.07, 6.45) is -15.4. The first kappa shape index (κ1) is 44.6. The second-order valence-electron chi connectivity index (χ2n) is 13.5. The summed E-state index contributed by atoms with van der Waals surface area (Å²) >= 11 is 8.24. The van der Waals surface area contributed by atoms with E-state index in [1.54, 1.807) is 38.3 Å². The number of thiophene rings is 1. The van der Waals surface area contributed by atoms with Crippen LogP contribution in [0.15, 0.2) is 42.5 Å². The van der Waals surface area contributed by atoms with Crippen LogP contribution in [-0.2, 0) is 20.6 Å². The Morgan fingerprint density at radius 3 is 1.59 bits per heavy atom. The lowest BCUT2D eigenvalue weighted by atomic mass is 9.89. The summed E-state index contributed by atoms with van der Waals surface area (Å²) in [5, 5.41) is 118. The third-order valence-corrected chi connectivity index (χ3v) is 11.3. The fraction of sp³-hybridized carbons (Fsp3) is 0.611. The summed E-state index contributed by atoms with van der Waals surface area (Å²) < 4.78 is 17.0. The van der Waals surface area contributed by atoms with E-state index in [2.05, 4.69) is 23.5 Å². The van der Waals surface area contributed by atoms with Crippen LogP contribution in [0.5, 0.6) is 0 Å². The third-order valence-electron chi connectivity index (χ3n) is 9.79. The van der Waals surface area contributed by atoms with E-state index in [1.807, 2.05) is 18.2 Å². The minimum absolute atomic E-state index is 0.366. The molecule has 3 aliphatic heterocycles. The molecule has 0 spiro atoms. The molecule has 304 valence electrons. The molecule has 3 aromatic rings. The molecule has 0 saturated carbocycles. The molecule has 0 bridgehead atoms. The molecule has 15 atom stereocenters. The number of hydrogen-bond donors (Lipinski definition) is 13. The SMILES string of the molecule is CNc1cc(Cl)c(Cc2cc3ccccc3s2)cc1[C@@H]1O[C@H](CO)[C@@H](O)[C@H](O)[C@H]1O.C[C@@H]1O[C@H](CO)[C@@H](O)[C@H](O)[C@H]1O.C[C@@H]1O[C@H](CO)[C@@H](O)[C@H](O)[C@H]1O. The highest BCUT2D eigenvalue weighted by atomic mass is 35.5. The Kier molecular flexibility index (Phi) is 16.4. The summed E-state index contributed by atoms with van der Waals surface area (Å²) in [5.41, 5.74) is 2.11. The molecule has 0 unspecified atom stereocenters. The van der Waals surface area contributed by atoms with Crippen LogP contribution in [0.2, 0.25) is 5.02 Å². The molecule has 0 aliphatic carbocycles. The van der Waals surface area contributed by atoms with Gasteiger partial charge in [-0.3, -0.25) is 0 Å². The minimum Gasteiger partial charge on any atom is -0.394 e. The van der Waals surface area contributed by atoms with Crippen LogP contribution in [0.25, 0.3) is 10.1 Å². The van der Waals surface area contributed by atoms with Crippen molar-refractivity contribution >= 4 is 38.7 Å². The number of aliphatic hydroxyl groups is 12. The average Bonchev–Trinajstić information content (AvgIpc) is 3.59. The van der Waals surface area contributed by atoms with Crippen LogP contribution in [0.3, 0.4) is 0 Å². The number of halogens is 1. The van der Waals surface area contributed by atoms with Gasteiger partial charge in [-0.15, -0.1) is 11.3 Å². The Morgan fingerprint density at radius 1 is 0.630 bits per heavy atom. The van der Waals surface area contributed by atoms with E-state index in [4.69, 9.17) is 36.0 Å². The fourth-order valence-corrected chi connectivity index (χ4v) is 7.79. The first-order valence-electron chi connectivity index (χ1n) is 17.5. The molecular formula is C36H52ClNO15S. The van der Waals surface area contributed by atoms with E-state index < -0.39 is 98.2 Å². The van der Waals surface area contributed by atoms with Gasteiger partial charge < -0.3 is 80.8 Å². The maximum Gasteiger partial charge on any atom is 0.114 e. The number of rotatable bonds is 7. The van der Waals surface area contributed by atoms with E-state index in [-0.39, 0.29) is 13.2 Å². The van der Waals surface area contributed by atoms with E-state index in [1.165, 1.54) is 10.1 Å². The molecule has 18 heteroatoms. The monoisotopic (exact) mass is 805 g/mol. The molecule has 3 fully saturated rings. The Morgan fingerprint density at radius 2 is 1.11 bits per heavy atom. The highest BCUT2D eigenvalue weighted by molar-refractivity contribution is 7.19. The van der Waals surface area contributed by atoms with Gasteiger partial charge in [0.05, 0.1) is 32.0 Å². The molecule has 3 aliphatic rings. The zero-order valence-corrected chi connectivity index (χ0v) is 31.5. The van der Waals surface area contributed by atoms with Gasteiger partial charge in [0.25, 0.3) is 0 Å². The van der Waals surface area contributed by atoms with Crippen LogP contribution in [-0.4, -0.2) is 174 Å². The molecule has 0 amide bonds. The van der Waals surface area contributed by atoms with Crippen molar-refractivity contribution < 1.29 is 75.5 Å². The smallest absolute Gasteiger partial charge is 0.114 e. The third kappa shape index (κ3) is 10.1. The number of fused-ring (bicyclic) bond motifs is 1. The Hall–Kier alpha value is -2.11. The molecule has 16 nitrogen and oxygen atoms in total. The van der Waals surface area contributed by atoms with Crippen molar-refractivity contribution in [3.05, 3.63) is 63.5 Å². The average molecular weight is 806 g/mol. The first-order valence-corrected chi connectivity index (χ1v) is 18.7. The van der Waals surface area contributed by atoms with Crippen molar-refractivity contribution in [3.63, 3.8) is 0 Å². The van der Waals surface area contributed by atoms with E-state index in [9.17, 15) is 51.1 Å². The molecule has 13 N–H and O–H groups in total. The number of nitrogens with one attached hydrogen (secondary N) is 1. The normalized spacial score (nSPS) is 36.8. The van der Waals surface area contributed by atoms with Crippen LogP contribution in [0.1, 0.15) is 36.0 Å². The summed E-state index contributed by atoms with van der Waals surface area (Å²) in [6, 6.07) is 13.9. The van der Waals surface area contributed by atoms with E-state index in [0.29, 0.717) is 22.7 Å². The van der Waals surface area contributed by atoms with Gasteiger partial charge in [-0.1, -0.05) is 29.8 Å². The standard InChI is InChI=1S/C22H24ClNO5S.2C7H14O5/c1-24-16-9-15(23)12(7-13-6-11-4-2-3-5-18(11)30-13)8-14(16)22-21(28)20(27)19(26)17(10-25)29-22;2*1-3-5(9)7(11)6(10)4(2-8)12-3/h2-6,8-9,17,19-22,24-28H,7,10H2,1H3;2*3-11H,2H2,1H3/t17-,19-,20+,21-,22+;2*3-,4+,5-,6+,7+/m100/s1. The van der Waals surface area contributed by atoms with Crippen molar-refractivity contribution in [2.75, 3.05) is 32.2 Å². The molecule has 3 saturated heterocycles. The largest absolute Gasteiger partial charge is 0.394 e. The van der Waals surface area contributed by atoms with Crippen LogP contribution in [0.4, 0.5) is 5.69 Å². The van der Waals surface area contributed by atoms with Crippen molar-refractivity contribution in [3.8, 4) is 0 Å². The zero-order valence-electron chi connectivity index (χ0n) is 29.9. The predicted molar refractivity (Wildman–Crippen MR) is 197 cm³/mol. The fourth-order valence-electron chi connectivity index (χ4n) is 6.47. The Labute approximate surface area is 321 Å². The molecule has 0 radical (unpaired) electrons. The van der Waals surface area contributed by atoms with Crippen molar-refractivity contribution in [1.29, 1.82) is 0 Å². The van der Waals surface area contributed by atoms with Gasteiger partial charge in [-0.05, 0) is 49.1 Å². The number of ether oxygens (including phenoxy) is 3. The predicted octanol–water partition coefficient (Wildman–Crippen LogP) is -1.60. The topological polar surface area (TPSA) is 282 Å². The van der Waals surface area contributed by atoms with Gasteiger partial charge in [0, 0.05) is 39.3 Å². The van der Waals surface area contributed by atoms with Gasteiger partial charge >= 0.3 is 0 Å². The minimum atomic E-state index is -1.44. The molecule has 54 heavy (non-hydrogen) atoms.